The minimum atomic E-state index is 0.0465. The number of amides is 1. The molecule has 140 valence electrons. The number of hydrogen-bond acceptors (Lipinski definition) is 6. The maximum atomic E-state index is 12.1. The van der Waals surface area contributed by atoms with E-state index in [0.717, 1.165) is 42.7 Å². The SMILES string of the molecule is COc1cc(OC)c2ncnc(NC3CCN(C(=O)C(C)C)CC3)c2c1. The van der Waals surface area contributed by atoms with Crippen LogP contribution in [-0.2, 0) is 4.79 Å². The fraction of sp³-hybridized carbons (Fsp3) is 0.526. The Kier molecular flexibility index (Phi) is 5.44. The van der Waals surface area contributed by atoms with Gasteiger partial charge < -0.3 is 19.7 Å². The van der Waals surface area contributed by atoms with E-state index in [2.05, 4.69) is 15.3 Å². The second-order valence-electron chi connectivity index (χ2n) is 6.85. The summed E-state index contributed by atoms with van der Waals surface area (Å²) in [5.74, 6) is 2.39. The molecule has 0 aliphatic carbocycles. The minimum Gasteiger partial charge on any atom is -0.497 e. The number of ether oxygens (including phenoxy) is 2. The molecule has 1 amide bonds. The number of carbonyl (C=O) groups excluding carboxylic acids is 1. The predicted octanol–water partition coefficient (Wildman–Crippen LogP) is 2.71. The number of aromatic nitrogens is 2. The van der Waals surface area contributed by atoms with Gasteiger partial charge in [0.1, 0.15) is 29.2 Å². The third kappa shape index (κ3) is 3.66. The number of hydrogen-bond donors (Lipinski definition) is 1. The lowest BCUT2D eigenvalue weighted by molar-refractivity contribution is -0.135. The van der Waals surface area contributed by atoms with Gasteiger partial charge in [-0.25, -0.2) is 9.97 Å². The van der Waals surface area contributed by atoms with Crippen molar-refractivity contribution < 1.29 is 14.3 Å². The van der Waals surface area contributed by atoms with Crippen molar-refractivity contribution in [2.45, 2.75) is 32.7 Å². The second-order valence-corrected chi connectivity index (χ2v) is 6.85. The average Bonchev–Trinajstić information content (AvgIpc) is 2.67. The molecule has 26 heavy (non-hydrogen) atoms. The Labute approximate surface area is 153 Å². The van der Waals surface area contributed by atoms with E-state index in [1.807, 2.05) is 30.9 Å². The first-order valence-corrected chi connectivity index (χ1v) is 8.95. The van der Waals surface area contributed by atoms with E-state index in [1.165, 1.54) is 6.33 Å². The lowest BCUT2D eigenvalue weighted by Crippen LogP contribution is -2.44. The van der Waals surface area contributed by atoms with Crippen LogP contribution in [0.25, 0.3) is 10.9 Å². The molecule has 1 aliphatic heterocycles. The molecule has 0 saturated carbocycles. The first kappa shape index (κ1) is 18.2. The van der Waals surface area contributed by atoms with E-state index < -0.39 is 0 Å². The Morgan fingerprint density at radius 3 is 2.54 bits per heavy atom. The molecule has 2 heterocycles. The summed E-state index contributed by atoms with van der Waals surface area (Å²) in [6.07, 6.45) is 3.33. The van der Waals surface area contributed by atoms with Crippen LogP contribution >= 0.6 is 0 Å². The topological polar surface area (TPSA) is 76.6 Å². The van der Waals surface area contributed by atoms with Crippen LogP contribution in [0.2, 0.25) is 0 Å². The highest BCUT2D eigenvalue weighted by atomic mass is 16.5. The van der Waals surface area contributed by atoms with E-state index in [4.69, 9.17) is 9.47 Å². The van der Waals surface area contributed by atoms with Crippen molar-refractivity contribution in [1.82, 2.24) is 14.9 Å². The summed E-state index contributed by atoms with van der Waals surface area (Å²) in [6, 6.07) is 3.99. The number of fused-ring (bicyclic) bond motifs is 1. The van der Waals surface area contributed by atoms with Gasteiger partial charge in [0.05, 0.1) is 19.6 Å². The summed E-state index contributed by atoms with van der Waals surface area (Å²) >= 11 is 0. The molecule has 7 heteroatoms. The van der Waals surface area contributed by atoms with Crippen LogP contribution < -0.4 is 14.8 Å². The van der Waals surface area contributed by atoms with Crippen molar-refractivity contribution >= 4 is 22.6 Å². The number of methoxy groups -OCH3 is 2. The maximum Gasteiger partial charge on any atom is 0.225 e. The fourth-order valence-electron chi connectivity index (χ4n) is 3.30. The second kappa shape index (κ2) is 7.76. The Hall–Kier alpha value is -2.57. The number of piperidine rings is 1. The van der Waals surface area contributed by atoms with Gasteiger partial charge in [0.2, 0.25) is 5.91 Å². The summed E-state index contributed by atoms with van der Waals surface area (Å²) in [7, 11) is 3.24. The van der Waals surface area contributed by atoms with Crippen LogP contribution in [-0.4, -0.2) is 54.1 Å². The Morgan fingerprint density at radius 1 is 1.19 bits per heavy atom. The van der Waals surface area contributed by atoms with Gasteiger partial charge in [0.25, 0.3) is 0 Å². The molecule has 0 radical (unpaired) electrons. The quantitative estimate of drug-likeness (QED) is 0.886. The van der Waals surface area contributed by atoms with Gasteiger partial charge in [-0.1, -0.05) is 13.8 Å². The molecule has 0 bridgehead atoms. The van der Waals surface area contributed by atoms with Crippen molar-refractivity contribution in [3.63, 3.8) is 0 Å². The van der Waals surface area contributed by atoms with Crippen LogP contribution in [0.3, 0.4) is 0 Å². The van der Waals surface area contributed by atoms with E-state index in [-0.39, 0.29) is 17.9 Å². The van der Waals surface area contributed by atoms with Gasteiger partial charge in [-0.2, -0.15) is 0 Å². The third-order valence-corrected chi connectivity index (χ3v) is 4.77. The third-order valence-electron chi connectivity index (χ3n) is 4.77. The monoisotopic (exact) mass is 358 g/mol. The molecule has 7 nitrogen and oxygen atoms in total. The normalized spacial score (nSPS) is 15.3. The van der Waals surface area contributed by atoms with Gasteiger partial charge in [0, 0.05) is 31.1 Å². The molecule has 1 aromatic carbocycles. The van der Waals surface area contributed by atoms with Crippen LogP contribution in [0.1, 0.15) is 26.7 Å². The number of nitrogens with one attached hydrogen (secondary N) is 1. The predicted molar refractivity (Wildman–Crippen MR) is 101 cm³/mol. The van der Waals surface area contributed by atoms with Crippen molar-refractivity contribution in [3.8, 4) is 11.5 Å². The first-order valence-electron chi connectivity index (χ1n) is 8.95. The van der Waals surface area contributed by atoms with E-state index in [1.54, 1.807) is 14.2 Å². The summed E-state index contributed by atoms with van der Waals surface area (Å²) in [4.78, 5) is 22.9. The summed E-state index contributed by atoms with van der Waals surface area (Å²) in [5, 5.41) is 4.38. The Bertz CT molecular complexity index is 786. The molecule has 1 saturated heterocycles. The van der Waals surface area contributed by atoms with E-state index in [0.29, 0.717) is 11.5 Å². The smallest absolute Gasteiger partial charge is 0.225 e. The lowest BCUT2D eigenvalue weighted by Gasteiger charge is -2.33. The molecule has 1 N–H and O–H groups in total. The molecule has 1 fully saturated rings. The van der Waals surface area contributed by atoms with Crippen LogP contribution in [0.15, 0.2) is 18.5 Å². The zero-order chi connectivity index (χ0) is 18.7. The van der Waals surface area contributed by atoms with Crippen LogP contribution in [0, 0.1) is 5.92 Å². The molecule has 1 aliphatic rings. The fourth-order valence-corrected chi connectivity index (χ4v) is 3.30. The largest absolute Gasteiger partial charge is 0.497 e. The molecule has 0 unspecified atom stereocenters. The standard InChI is InChI=1S/C19H26N4O3/c1-12(2)19(24)23-7-5-13(6-8-23)22-18-15-9-14(25-3)10-16(26-4)17(15)20-11-21-18/h9-13H,5-8H2,1-4H3,(H,20,21,22). The van der Waals surface area contributed by atoms with Gasteiger partial charge in [-0.3, -0.25) is 4.79 Å². The highest BCUT2D eigenvalue weighted by Gasteiger charge is 2.25. The molecular formula is C19H26N4O3. The number of nitrogens with zero attached hydrogens (tertiary/aromatic N) is 3. The van der Waals surface area contributed by atoms with E-state index in [9.17, 15) is 4.79 Å². The molecule has 0 spiro atoms. The van der Waals surface area contributed by atoms with Crippen molar-refractivity contribution in [1.29, 1.82) is 0 Å². The summed E-state index contributed by atoms with van der Waals surface area (Å²) in [6.45, 7) is 5.43. The van der Waals surface area contributed by atoms with Crippen molar-refractivity contribution in [2.24, 2.45) is 5.92 Å². The molecule has 0 atom stereocenters. The highest BCUT2D eigenvalue weighted by molar-refractivity contribution is 5.94. The first-order chi connectivity index (χ1) is 12.5. The molecule has 2 aromatic rings. The molecular weight excluding hydrogens is 332 g/mol. The van der Waals surface area contributed by atoms with Gasteiger partial charge >= 0.3 is 0 Å². The summed E-state index contributed by atoms with van der Waals surface area (Å²) in [5.41, 5.74) is 0.748. The zero-order valence-electron chi connectivity index (χ0n) is 15.8. The number of likely N-dealkylation sites (tertiary alicyclic amines) is 1. The number of carbonyl (C=O) groups is 1. The maximum absolute atomic E-state index is 12.1. The highest BCUT2D eigenvalue weighted by Crippen LogP contribution is 2.33. The van der Waals surface area contributed by atoms with Gasteiger partial charge in [0.15, 0.2) is 0 Å². The summed E-state index contributed by atoms with van der Waals surface area (Å²) < 4.78 is 10.8. The molecule has 3 rings (SSSR count). The number of benzene rings is 1. The van der Waals surface area contributed by atoms with Gasteiger partial charge in [-0.15, -0.1) is 0 Å². The van der Waals surface area contributed by atoms with Crippen molar-refractivity contribution in [2.75, 3.05) is 32.6 Å². The van der Waals surface area contributed by atoms with Crippen molar-refractivity contribution in [3.05, 3.63) is 18.5 Å². The Balaban J connectivity index is 1.79. The lowest BCUT2D eigenvalue weighted by atomic mass is 10.0. The van der Waals surface area contributed by atoms with Crippen LogP contribution in [0.4, 0.5) is 5.82 Å². The van der Waals surface area contributed by atoms with Crippen LogP contribution in [0.5, 0.6) is 11.5 Å². The van der Waals surface area contributed by atoms with Gasteiger partial charge in [-0.05, 0) is 18.9 Å². The van der Waals surface area contributed by atoms with E-state index >= 15 is 0 Å². The number of rotatable bonds is 5. The average molecular weight is 358 g/mol. The Morgan fingerprint density at radius 2 is 1.92 bits per heavy atom. The zero-order valence-corrected chi connectivity index (χ0v) is 15.8. The number of anilines is 1. The minimum absolute atomic E-state index is 0.0465. The molecule has 1 aromatic heterocycles.